The lowest BCUT2D eigenvalue weighted by molar-refractivity contribution is -0.125. The lowest BCUT2D eigenvalue weighted by Gasteiger charge is -2.28. The number of para-hydroxylation sites is 1. The molecular weight excluding hydrogens is 340 g/mol. The second-order valence-electron chi connectivity index (χ2n) is 7.87. The summed E-state index contributed by atoms with van der Waals surface area (Å²) in [6.07, 6.45) is 4.41. The third-order valence-corrected chi connectivity index (χ3v) is 5.80. The van der Waals surface area contributed by atoms with Crippen LogP contribution in [0.1, 0.15) is 51.3 Å². The first kappa shape index (κ1) is 17.8. The zero-order chi connectivity index (χ0) is 19.1. The summed E-state index contributed by atoms with van der Waals surface area (Å²) in [5.74, 6) is 0.758. The molecule has 1 aromatic carbocycles. The lowest BCUT2D eigenvalue weighted by atomic mass is 9.87. The van der Waals surface area contributed by atoms with E-state index in [1.807, 2.05) is 47.3 Å². The number of benzene rings is 1. The number of carbonyl (C=O) groups is 1. The van der Waals surface area contributed by atoms with E-state index < -0.39 is 6.04 Å². The van der Waals surface area contributed by atoms with Crippen molar-refractivity contribution in [2.75, 3.05) is 0 Å². The van der Waals surface area contributed by atoms with E-state index in [4.69, 9.17) is 0 Å². The van der Waals surface area contributed by atoms with E-state index in [2.05, 4.69) is 17.2 Å². The first-order valence-corrected chi connectivity index (χ1v) is 9.75. The van der Waals surface area contributed by atoms with Gasteiger partial charge in [0.25, 0.3) is 5.56 Å². The van der Waals surface area contributed by atoms with Crippen LogP contribution in [0.4, 0.5) is 0 Å². The molecule has 6 heteroatoms. The fourth-order valence-corrected chi connectivity index (χ4v) is 4.23. The van der Waals surface area contributed by atoms with Crippen LogP contribution < -0.4 is 10.9 Å². The maximum atomic E-state index is 13.0. The highest BCUT2D eigenvalue weighted by Gasteiger charge is 2.26. The molecule has 1 aliphatic carbocycles. The molecule has 4 rings (SSSR count). The molecule has 1 atom stereocenters. The quantitative estimate of drug-likeness (QED) is 0.774. The summed E-state index contributed by atoms with van der Waals surface area (Å²) in [6.45, 7) is 6.05. The van der Waals surface area contributed by atoms with Crippen LogP contribution in [-0.2, 0) is 4.79 Å². The van der Waals surface area contributed by atoms with Gasteiger partial charge in [-0.3, -0.25) is 14.3 Å². The predicted molar refractivity (Wildman–Crippen MR) is 106 cm³/mol. The van der Waals surface area contributed by atoms with E-state index in [0.29, 0.717) is 5.65 Å². The summed E-state index contributed by atoms with van der Waals surface area (Å²) in [5.41, 5.74) is 2.01. The van der Waals surface area contributed by atoms with Crippen LogP contribution in [0.2, 0.25) is 0 Å². The van der Waals surface area contributed by atoms with Gasteiger partial charge in [0.1, 0.15) is 6.04 Å². The Morgan fingerprint density at radius 3 is 2.67 bits per heavy atom. The van der Waals surface area contributed by atoms with Crippen LogP contribution in [0, 0.1) is 12.8 Å². The van der Waals surface area contributed by atoms with Gasteiger partial charge >= 0.3 is 0 Å². The van der Waals surface area contributed by atoms with E-state index >= 15 is 0 Å². The molecule has 1 N–H and O–H groups in total. The Kier molecular flexibility index (Phi) is 4.50. The molecule has 1 aliphatic rings. The highest BCUT2D eigenvalue weighted by molar-refractivity contribution is 5.94. The fraction of sp³-hybridized carbons (Fsp3) is 0.476. The van der Waals surface area contributed by atoms with Gasteiger partial charge in [0, 0.05) is 23.2 Å². The molecule has 3 aromatic rings. The third kappa shape index (κ3) is 3.13. The summed E-state index contributed by atoms with van der Waals surface area (Å²) in [5, 5.41) is 4.11. The van der Waals surface area contributed by atoms with E-state index in [1.54, 1.807) is 0 Å². The van der Waals surface area contributed by atoms with Crippen LogP contribution in [-0.4, -0.2) is 26.1 Å². The van der Waals surface area contributed by atoms with Gasteiger partial charge in [-0.05, 0) is 57.6 Å². The SMILES string of the molecule is Cc1cc(=O)nc2c3ccccc3n(C(C)C(=O)NC3CCC(C)CC3)n12. The van der Waals surface area contributed by atoms with E-state index in [9.17, 15) is 9.59 Å². The topological polar surface area (TPSA) is 68.4 Å². The Balaban J connectivity index is 1.75. The minimum Gasteiger partial charge on any atom is -0.352 e. The molecule has 2 heterocycles. The van der Waals surface area contributed by atoms with Crippen molar-refractivity contribution in [1.29, 1.82) is 0 Å². The number of carbonyl (C=O) groups excluding carboxylic acids is 1. The lowest BCUT2D eigenvalue weighted by Crippen LogP contribution is -2.41. The molecule has 0 saturated heterocycles. The minimum absolute atomic E-state index is 0.00954. The molecule has 1 fully saturated rings. The maximum Gasteiger partial charge on any atom is 0.273 e. The molecule has 0 aliphatic heterocycles. The van der Waals surface area contributed by atoms with Crippen molar-refractivity contribution >= 4 is 22.5 Å². The molecule has 0 spiro atoms. The number of rotatable bonds is 3. The zero-order valence-electron chi connectivity index (χ0n) is 16.1. The van der Waals surface area contributed by atoms with Gasteiger partial charge in [-0.15, -0.1) is 0 Å². The van der Waals surface area contributed by atoms with Gasteiger partial charge in [-0.1, -0.05) is 19.1 Å². The second kappa shape index (κ2) is 6.83. The molecule has 1 saturated carbocycles. The molecular formula is C21H26N4O2. The van der Waals surface area contributed by atoms with Gasteiger partial charge in [0.2, 0.25) is 5.91 Å². The van der Waals surface area contributed by atoms with Crippen molar-refractivity contribution in [1.82, 2.24) is 19.5 Å². The van der Waals surface area contributed by atoms with Crippen LogP contribution in [0.5, 0.6) is 0 Å². The average molecular weight is 366 g/mol. The number of fused-ring (bicyclic) bond motifs is 3. The summed E-state index contributed by atoms with van der Waals surface area (Å²) in [6, 6.07) is 9.14. The van der Waals surface area contributed by atoms with E-state index in [0.717, 1.165) is 35.4 Å². The molecule has 1 amide bonds. The van der Waals surface area contributed by atoms with Gasteiger partial charge in [0.15, 0.2) is 5.65 Å². The first-order chi connectivity index (χ1) is 13.0. The Bertz CT molecular complexity index is 1060. The van der Waals surface area contributed by atoms with Crippen molar-refractivity contribution in [3.05, 3.63) is 46.4 Å². The van der Waals surface area contributed by atoms with Crippen molar-refractivity contribution in [2.24, 2.45) is 5.92 Å². The Morgan fingerprint density at radius 1 is 1.22 bits per heavy atom. The van der Waals surface area contributed by atoms with Crippen molar-refractivity contribution in [3.8, 4) is 0 Å². The van der Waals surface area contributed by atoms with Crippen molar-refractivity contribution < 1.29 is 4.79 Å². The number of aromatic nitrogens is 3. The van der Waals surface area contributed by atoms with Crippen molar-refractivity contribution in [3.63, 3.8) is 0 Å². The van der Waals surface area contributed by atoms with Gasteiger partial charge in [-0.2, -0.15) is 4.98 Å². The van der Waals surface area contributed by atoms with Crippen LogP contribution in [0.25, 0.3) is 16.6 Å². The summed E-state index contributed by atoms with van der Waals surface area (Å²) >= 11 is 0. The zero-order valence-corrected chi connectivity index (χ0v) is 16.1. The molecule has 2 aromatic heterocycles. The number of aryl methyl sites for hydroxylation is 1. The van der Waals surface area contributed by atoms with Gasteiger partial charge in [0.05, 0.1) is 5.52 Å². The van der Waals surface area contributed by atoms with Gasteiger partial charge in [-0.25, -0.2) is 4.52 Å². The fourth-order valence-electron chi connectivity index (χ4n) is 4.23. The first-order valence-electron chi connectivity index (χ1n) is 9.75. The number of nitrogens with one attached hydrogen (secondary N) is 1. The summed E-state index contributed by atoms with van der Waals surface area (Å²) in [7, 11) is 0. The maximum absolute atomic E-state index is 13.0. The molecule has 1 unspecified atom stereocenters. The van der Waals surface area contributed by atoms with E-state index in [-0.39, 0.29) is 17.5 Å². The standard InChI is InChI=1S/C21H26N4O2/c1-13-8-10-16(11-9-13)22-21(27)15(3)25-18-7-5-4-6-17(18)20-23-19(26)12-14(2)24(20)25/h4-7,12-13,15-16H,8-11H2,1-3H3,(H,22,27). The number of nitrogens with zero attached hydrogens (tertiary/aromatic N) is 3. The monoisotopic (exact) mass is 366 g/mol. The predicted octanol–water partition coefficient (Wildman–Crippen LogP) is 3.21. The molecule has 0 bridgehead atoms. The number of amides is 1. The largest absolute Gasteiger partial charge is 0.352 e. The highest BCUT2D eigenvalue weighted by Crippen LogP contribution is 2.26. The van der Waals surface area contributed by atoms with Crippen molar-refractivity contribution in [2.45, 2.75) is 58.5 Å². The van der Waals surface area contributed by atoms with Crippen LogP contribution >= 0.6 is 0 Å². The molecule has 6 nitrogen and oxygen atoms in total. The smallest absolute Gasteiger partial charge is 0.273 e. The Labute approximate surface area is 158 Å². The molecule has 142 valence electrons. The summed E-state index contributed by atoms with van der Waals surface area (Å²) in [4.78, 5) is 29.2. The summed E-state index contributed by atoms with van der Waals surface area (Å²) < 4.78 is 3.84. The van der Waals surface area contributed by atoms with Crippen LogP contribution in [0.15, 0.2) is 35.1 Å². The van der Waals surface area contributed by atoms with Gasteiger partial charge < -0.3 is 5.32 Å². The Hall–Kier alpha value is -2.63. The number of hydrogen-bond donors (Lipinski definition) is 1. The third-order valence-electron chi connectivity index (χ3n) is 5.80. The van der Waals surface area contributed by atoms with Crippen LogP contribution in [0.3, 0.4) is 0 Å². The van der Waals surface area contributed by atoms with E-state index in [1.165, 1.54) is 18.9 Å². The molecule has 0 radical (unpaired) electrons. The minimum atomic E-state index is -0.408. The number of hydrogen-bond acceptors (Lipinski definition) is 3. The molecule has 27 heavy (non-hydrogen) atoms. The highest BCUT2D eigenvalue weighted by atomic mass is 16.2. The average Bonchev–Trinajstić information content (AvgIpc) is 2.98. The Morgan fingerprint density at radius 2 is 1.93 bits per heavy atom. The second-order valence-corrected chi connectivity index (χ2v) is 7.87. The normalized spacial score (nSPS) is 21.4.